The van der Waals surface area contributed by atoms with Crippen LogP contribution < -0.4 is 5.56 Å². The van der Waals surface area contributed by atoms with Gasteiger partial charge in [-0.1, -0.05) is 18.5 Å². The van der Waals surface area contributed by atoms with E-state index in [2.05, 4.69) is 4.98 Å². The average Bonchev–Trinajstić information content (AvgIpc) is 2.48. The summed E-state index contributed by atoms with van der Waals surface area (Å²) in [6, 6.07) is 11.6. The monoisotopic (exact) mass is 300 g/mol. The van der Waals surface area contributed by atoms with E-state index < -0.39 is 0 Å². The van der Waals surface area contributed by atoms with Gasteiger partial charge in [0, 0.05) is 17.5 Å². The summed E-state index contributed by atoms with van der Waals surface area (Å²) >= 11 is 5.89. The molecule has 0 saturated carbocycles. The van der Waals surface area contributed by atoms with Crippen LogP contribution in [0.2, 0.25) is 5.02 Å². The van der Waals surface area contributed by atoms with Gasteiger partial charge in [-0.15, -0.1) is 0 Å². The Hall–Kier alpha value is -2.33. The Morgan fingerprint density at radius 1 is 1.19 bits per heavy atom. The first-order valence-electron chi connectivity index (χ1n) is 6.60. The Balaban J connectivity index is 2.36. The second-order valence-electron chi connectivity index (χ2n) is 4.70. The summed E-state index contributed by atoms with van der Waals surface area (Å²) in [6.45, 7) is 1.93. The quantitative estimate of drug-likeness (QED) is 0.790. The number of aryl methyl sites for hydroxylation is 1. The van der Waals surface area contributed by atoms with Crippen molar-refractivity contribution < 1.29 is 5.11 Å². The van der Waals surface area contributed by atoms with Crippen molar-refractivity contribution in [3.05, 3.63) is 63.7 Å². The number of benzene rings is 2. The molecule has 0 aliphatic rings. The zero-order valence-corrected chi connectivity index (χ0v) is 12.1. The van der Waals surface area contributed by atoms with Crippen LogP contribution in [0, 0.1) is 0 Å². The summed E-state index contributed by atoms with van der Waals surface area (Å²) in [7, 11) is 0. The van der Waals surface area contributed by atoms with E-state index in [-0.39, 0.29) is 11.3 Å². The molecule has 0 unspecified atom stereocenters. The SMILES string of the molecule is CCc1nc2cc(O)ccc2c(=O)n1-c1ccc(Cl)cc1. The molecular weight excluding hydrogens is 288 g/mol. The average molecular weight is 301 g/mol. The lowest BCUT2D eigenvalue weighted by molar-refractivity contribution is 0.476. The third-order valence-electron chi connectivity index (χ3n) is 3.32. The van der Waals surface area contributed by atoms with Gasteiger partial charge in [0.2, 0.25) is 0 Å². The first kappa shape index (κ1) is 13.6. The van der Waals surface area contributed by atoms with Crippen LogP contribution >= 0.6 is 11.6 Å². The minimum atomic E-state index is -0.154. The van der Waals surface area contributed by atoms with Crippen molar-refractivity contribution in [2.24, 2.45) is 0 Å². The number of phenolic OH excluding ortho intramolecular Hbond substituents is 1. The molecule has 0 aliphatic carbocycles. The molecule has 0 amide bonds. The van der Waals surface area contributed by atoms with E-state index in [1.165, 1.54) is 12.1 Å². The molecule has 106 valence electrons. The molecule has 0 aliphatic heterocycles. The largest absolute Gasteiger partial charge is 0.508 e. The maximum Gasteiger partial charge on any atom is 0.265 e. The Labute approximate surface area is 126 Å². The third-order valence-corrected chi connectivity index (χ3v) is 3.58. The molecule has 21 heavy (non-hydrogen) atoms. The first-order valence-corrected chi connectivity index (χ1v) is 6.98. The number of aromatic nitrogens is 2. The highest BCUT2D eigenvalue weighted by Gasteiger charge is 2.11. The van der Waals surface area contributed by atoms with Gasteiger partial charge in [-0.25, -0.2) is 4.98 Å². The van der Waals surface area contributed by atoms with Gasteiger partial charge in [0.25, 0.3) is 5.56 Å². The number of phenols is 1. The molecule has 3 rings (SSSR count). The Morgan fingerprint density at radius 2 is 1.90 bits per heavy atom. The fourth-order valence-electron chi connectivity index (χ4n) is 2.31. The van der Waals surface area contributed by atoms with Gasteiger partial charge < -0.3 is 5.11 Å². The van der Waals surface area contributed by atoms with E-state index in [1.807, 2.05) is 6.92 Å². The van der Waals surface area contributed by atoms with Crippen molar-refractivity contribution in [2.75, 3.05) is 0 Å². The Kier molecular flexibility index (Phi) is 3.39. The predicted octanol–water partition coefficient (Wildman–Crippen LogP) is 3.31. The van der Waals surface area contributed by atoms with Gasteiger partial charge in [-0.2, -0.15) is 0 Å². The van der Waals surface area contributed by atoms with Crippen molar-refractivity contribution in [2.45, 2.75) is 13.3 Å². The molecular formula is C16H13ClN2O2. The van der Waals surface area contributed by atoms with Crippen LogP contribution in [-0.4, -0.2) is 14.7 Å². The number of nitrogens with zero attached hydrogens (tertiary/aromatic N) is 2. The van der Waals surface area contributed by atoms with Crippen LogP contribution in [0.25, 0.3) is 16.6 Å². The minimum absolute atomic E-state index is 0.0979. The Bertz CT molecular complexity index is 870. The molecule has 0 atom stereocenters. The molecule has 4 nitrogen and oxygen atoms in total. The highest BCUT2D eigenvalue weighted by molar-refractivity contribution is 6.30. The minimum Gasteiger partial charge on any atom is -0.508 e. The fourth-order valence-corrected chi connectivity index (χ4v) is 2.44. The smallest absolute Gasteiger partial charge is 0.265 e. The topological polar surface area (TPSA) is 55.1 Å². The molecule has 1 N–H and O–H groups in total. The number of fused-ring (bicyclic) bond motifs is 1. The van der Waals surface area contributed by atoms with Crippen LogP contribution in [0.1, 0.15) is 12.7 Å². The number of halogens is 1. The number of rotatable bonds is 2. The maximum atomic E-state index is 12.7. The molecule has 0 fully saturated rings. The lowest BCUT2D eigenvalue weighted by Crippen LogP contribution is -2.23. The predicted molar refractivity (Wildman–Crippen MR) is 83.4 cm³/mol. The maximum absolute atomic E-state index is 12.7. The van der Waals surface area contributed by atoms with Gasteiger partial charge in [0.1, 0.15) is 11.6 Å². The number of aromatic hydroxyl groups is 1. The molecule has 2 aromatic carbocycles. The van der Waals surface area contributed by atoms with Gasteiger partial charge in [-0.3, -0.25) is 9.36 Å². The molecule has 0 spiro atoms. The summed E-state index contributed by atoms with van der Waals surface area (Å²) < 4.78 is 1.58. The summed E-state index contributed by atoms with van der Waals surface area (Å²) in [5, 5.41) is 10.6. The van der Waals surface area contributed by atoms with Crippen LogP contribution in [0.4, 0.5) is 0 Å². The second kappa shape index (κ2) is 5.22. The van der Waals surface area contributed by atoms with Gasteiger partial charge >= 0.3 is 0 Å². The van der Waals surface area contributed by atoms with E-state index in [0.717, 1.165) is 5.69 Å². The van der Waals surface area contributed by atoms with Gasteiger partial charge in [-0.05, 0) is 36.4 Å². The number of hydrogen-bond acceptors (Lipinski definition) is 3. The molecule has 1 heterocycles. The number of hydrogen-bond donors (Lipinski definition) is 1. The van der Waals surface area contributed by atoms with Crippen LogP contribution in [-0.2, 0) is 6.42 Å². The third kappa shape index (κ3) is 2.38. The second-order valence-corrected chi connectivity index (χ2v) is 5.14. The lowest BCUT2D eigenvalue weighted by Gasteiger charge is -2.12. The van der Waals surface area contributed by atoms with Crippen molar-refractivity contribution >= 4 is 22.5 Å². The van der Waals surface area contributed by atoms with Crippen LogP contribution in [0.3, 0.4) is 0 Å². The van der Waals surface area contributed by atoms with Crippen molar-refractivity contribution in [3.8, 4) is 11.4 Å². The lowest BCUT2D eigenvalue weighted by atomic mass is 10.2. The van der Waals surface area contributed by atoms with Crippen molar-refractivity contribution in [1.29, 1.82) is 0 Å². The van der Waals surface area contributed by atoms with Crippen molar-refractivity contribution in [1.82, 2.24) is 9.55 Å². The summed E-state index contributed by atoms with van der Waals surface area (Å²) in [5.74, 6) is 0.737. The highest BCUT2D eigenvalue weighted by Crippen LogP contribution is 2.19. The van der Waals surface area contributed by atoms with E-state index in [1.54, 1.807) is 34.9 Å². The van der Waals surface area contributed by atoms with E-state index >= 15 is 0 Å². The normalized spacial score (nSPS) is 11.0. The molecule has 0 saturated heterocycles. The summed E-state index contributed by atoms with van der Waals surface area (Å²) in [4.78, 5) is 17.2. The van der Waals surface area contributed by atoms with Crippen molar-refractivity contribution in [3.63, 3.8) is 0 Å². The standard InChI is InChI=1S/C16H13ClN2O2/c1-2-15-18-14-9-12(20)7-8-13(14)16(21)19(15)11-5-3-10(17)4-6-11/h3-9,20H,2H2,1H3. The molecule has 1 aromatic heterocycles. The molecule has 0 radical (unpaired) electrons. The van der Waals surface area contributed by atoms with Gasteiger partial charge in [0.15, 0.2) is 0 Å². The van der Waals surface area contributed by atoms with E-state index in [9.17, 15) is 9.90 Å². The summed E-state index contributed by atoms with van der Waals surface area (Å²) in [5.41, 5.74) is 1.07. The molecule has 0 bridgehead atoms. The zero-order chi connectivity index (χ0) is 15.0. The zero-order valence-electron chi connectivity index (χ0n) is 11.4. The molecule has 3 aromatic rings. The van der Waals surface area contributed by atoms with E-state index in [4.69, 9.17) is 11.6 Å². The Morgan fingerprint density at radius 3 is 2.57 bits per heavy atom. The van der Waals surface area contributed by atoms with Crippen LogP contribution in [0.5, 0.6) is 5.75 Å². The molecule has 5 heteroatoms. The van der Waals surface area contributed by atoms with Crippen LogP contribution in [0.15, 0.2) is 47.3 Å². The first-order chi connectivity index (χ1) is 10.1. The highest BCUT2D eigenvalue weighted by atomic mass is 35.5. The van der Waals surface area contributed by atoms with E-state index in [0.29, 0.717) is 28.2 Å². The fraction of sp³-hybridized carbons (Fsp3) is 0.125. The summed E-state index contributed by atoms with van der Waals surface area (Å²) in [6.07, 6.45) is 0.601. The van der Waals surface area contributed by atoms with Gasteiger partial charge in [0.05, 0.1) is 16.6 Å².